The molecule has 3 rings (SSSR count). The van der Waals surface area contributed by atoms with E-state index in [4.69, 9.17) is 5.73 Å². The van der Waals surface area contributed by atoms with Gasteiger partial charge in [0.1, 0.15) is 17.3 Å². The number of carbonyl (C=O) groups is 1. The largest absolute Gasteiger partial charge is 0.383 e. The molecule has 3 heterocycles. The topological polar surface area (TPSA) is 97.0 Å². The van der Waals surface area contributed by atoms with Crippen LogP contribution in [0.15, 0.2) is 18.3 Å². The molecular formula is C16H20N6O. The third kappa shape index (κ3) is 2.94. The normalized spacial score (nSPS) is 13.9. The summed E-state index contributed by atoms with van der Waals surface area (Å²) in [6, 6.07) is 3.74. The third-order valence-corrected chi connectivity index (χ3v) is 3.76. The van der Waals surface area contributed by atoms with E-state index in [-0.39, 0.29) is 18.4 Å². The fraction of sp³-hybridized carbons (Fsp3) is 0.375. The van der Waals surface area contributed by atoms with Crippen LogP contribution >= 0.6 is 0 Å². The molecule has 0 saturated heterocycles. The molecular weight excluding hydrogens is 292 g/mol. The predicted octanol–water partition coefficient (Wildman–Crippen LogP) is 1.84. The second kappa shape index (κ2) is 5.83. The summed E-state index contributed by atoms with van der Waals surface area (Å²) in [5.74, 6) is 2.01. The van der Waals surface area contributed by atoms with Crippen molar-refractivity contribution in [2.24, 2.45) is 0 Å². The van der Waals surface area contributed by atoms with E-state index in [1.807, 2.05) is 37.8 Å². The molecule has 0 unspecified atom stereocenters. The minimum Gasteiger partial charge on any atom is -0.383 e. The molecule has 0 saturated carbocycles. The van der Waals surface area contributed by atoms with Gasteiger partial charge in [-0.3, -0.25) is 4.79 Å². The second-order valence-electron chi connectivity index (χ2n) is 5.96. The second-order valence-corrected chi connectivity index (χ2v) is 5.96. The number of rotatable bonds is 3. The first-order valence-electron chi connectivity index (χ1n) is 7.58. The zero-order valence-corrected chi connectivity index (χ0v) is 13.5. The maximum absolute atomic E-state index is 12.1. The number of carbonyl (C=O) groups excluding carboxylic acids is 1. The molecule has 0 aliphatic carbocycles. The molecule has 0 bridgehead atoms. The van der Waals surface area contributed by atoms with Crippen molar-refractivity contribution in [3.8, 4) is 0 Å². The molecule has 7 heteroatoms. The van der Waals surface area contributed by atoms with Gasteiger partial charge in [-0.25, -0.2) is 15.0 Å². The van der Waals surface area contributed by atoms with Gasteiger partial charge < -0.3 is 16.0 Å². The lowest BCUT2D eigenvalue weighted by atomic mass is 10.1. The monoisotopic (exact) mass is 312 g/mol. The van der Waals surface area contributed by atoms with E-state index in [2.05, 4.69) is 20.3 Å². The highest BCUT2D eigenvalue weighted by molar-refractivity contribution is 6.01. The van der Waals surface area contributed by atoms with Crippen LogP contribution in [0.5, 0.6) is 0 Å². The Morgan fingerprint density at radius 1 is 1.39 bits per heavy atom. The van der Waals surface area contributed by atoms with E-state index in [0.717, 1.165) is 17.1 Å². The zero-order valence-electron chi connectivity index (χ0n) is 13.5. The van der Waals surface area contributed by atoms with Crippen LogP contribution in [0.1, 0.15) is 36.8 Å². The van der Waals surface area contributed by atoms with Gasteiger partial charge >= 0.3 is 0 Å². The molecule has 2 aromatic heterocycles. The van der Waals surface area contributed by atoms with Gasteiger partial charge in [-0.05, 0) is 18.9 Å². The highest BCUT2D eigenvalue weighted by Gasteiger charge is 2.28. The first-order valence-corrected chi connectivity index (χ1v) is 7.58. The van der Waals surface area contributed by atoms with E-state index in [9.17, 15) is 4.79 Å². The van der Waals surface area contributed by atoms with E-state index in [1.54, 1.807) is 6.20 Å². The number of amides is 1. The molecule has 1 aliphatic rings. The molecule has 120 valence electrons. The first-order chi connectivity index (χ1) is 11.0. The van der Waals surface area contributed by atoms with Gasteiger partial charge in [0.2, 0.25) is 5.91 Å². The number of pyridine rings is 1. The highest BCUT2D eigenvalue weighted by atomic mass is 16.2. The summed E-state index contributed by atoms with van der Waals surface area (Å²) in [4.78, 5) is 27.2. The van der Waals surface area contributed by atoms with E-state index >= 15 is 0 Å². The van der Waals surface area contributed by atoms with E-state index in [0.29, 0.717) is 23.9 Å². The molecule has 0 radical (unpaired) electrons. The van der Waals surface area contributed by atoms with Crippen molar-refractivity contribution >= 4 is 23.2 Å². The Kier molecular flexibility index (Phi) is 3.85. The third-order valence-electron chi connectivity index (χ3n) is 3.76. The van der Waals surface area contributed by atoms with Gasteiger partial charge in [-0.1, -0.05) is 19.9 Å². The lowest BCUT2D eigenvalue weighted by Gasteiger charge is -2.31. The summed E-state index contributed by atoms with van der Waals surface area (Å²) >= 11 is 0. The van der Waals surface area contributed by atoms with Gasteiger partial charge in [0.05, 0.1) is 12.2 Å². The number of aryl methyl sites for hydroxylation is 1. The Balaban J connectivity index is 2.05. The van der Waals surface area contributed by atoms with Crippen LogP contribution in [0, 0.1) is 6.92 Å². The maximum atomic E-state index is 12.1. The molecule has 2 aromatic rings. The SMILES string of the molecule is Cc1nc(C(C)C)c2c(n1)N(Cc1cccnc1N)CC(=O)N2. The minimum absolute atomic E-state index is 0.0747. The Morgan fingerprint density at radius 3 is 2.87 bits per heavy atom. The number of nitrogens with one attached hydrogen (secondary N) is 1. The van der Waals surface area contributed by atoms with Crippen LogP contribution < -0.4 is 16.0 Å². The Morgan fingerprint density at radius 2 is 2.17 bits per heavy atom. The van der Waals surface area contributed by atoms with Crippen LogP contribution in [0.4, 0.5) is 17.3 Å². The van der Waals surface area contributed by atoms with Crippen LogP contribution in [0.25, 0.3) is 0 Å². The summed E-state index contributed by atoms with van der Waals surface area (Å²) < 4.78 is 0. The molecule has 0 aromatic carbocycles. The summed E-state index contributed by atoms with van der Waals surface area (Å²) in [6.07, 6.45) is 1.65. The van der Waals surface area contributed by atoms with E-state index < -0.39 is 0 Å². The standard InChI is InChI=1S/C16H20N6O/c1-9(2)13-14-16(20-10(3)19-13)22(8-12(23)21-14)7-11-5-4-6-18-15(11)17/h4-6,9H,7-8H2,1-3H3,(H2,17,18)(H,21,23). The smallest absolute Gasteiger partial charge is 0.244 e. The Bertz CT molecular complexity index is 758. The summed E-state index contributed by atoms with van der Waals surface area (Å²) in [5.41, 5.74) is 8.35. The van der Waals surface area contributed by atoms with Crippen LogP contribution in [-0.2, 0) is 11.3 Å². The molecule has 3 N–H and O–H groups in total. The van der Waals surface area contributed by atoms with E-state index in [1.165, 1.54) is 0 Å². The average Bonchev–Trinajstić information content (AvgIpc) is 2.49. The number of hydrogen-bond acceptors (Lipinski definition) is 6. The fourth-order valence-corrected chi connectivity index (χ4v) is 2.69. The minimum atomic E-state index is -0.0747. The van der Waals surface area contributed by atoms with Crippen molar-refractivity contribution in [1.29, 1.82) is 0 Å². The average molecular weight is 312 g/mol. The van der Waals surface area contributed by atoms with Crippen molar-refractivity contribution in [2.75, 3.05) is 22.5 Å². The van der Waals surface area contributed by atoms with Gasteiger partial charge in [0.15, 0.2) is 5.82 Å². The van der Waals surface area contributed by atoms with Crippen molar-refractivity contribution in [2.45, 2.75) is 33.2 Å². The molecule has 7 nitrogen and oxygen atoms in total. The summed E-state index contributed by atoms with van der Waals surface area (Å²) in [6.45, 7) is 6.67. The molecule has 1 aliphatic heterocycles. The summed E-state index contributed by atoms with van der Waals surface area (Å²) in [7, 11) is 0. The quantitative estimate of drug-likeness (QED) is 0.897. The van der Waals surface area contributed by atoms with Crippen molar-refractivity contribution in [3.63, 3.8) is 0 Å². The Hall–Kier alpha value is -2.70. The van der Waals surface area contributed by atoms with Crippen LogP contribution in [0.2, 0.25) is 0 Å². The summed E-state index contributed by atoms with van der Waals surface area (Å²) in [5, 5.41) is 2.91. The van der Waals surface area contributed by atoms with Crippen molar-refractivity contribution in [1.82, 2.24) is 15.0 Å². The molecule has 1 amide bonds. The first kappa shape index (κ1) is 15.2. The number of hydrogen-bond donors (Lipinski definition) is 2. The zero-order chi connectivity index (χ0) is 16.6. The number of aromatic nitrogens is 3. The number of fused-ring (bicyclic) bond motifs is 1. The van der Waals surface area contributed by atoms with Crippen molar-refractivity contribution < 1.29 is 4.79 Å². The van der Waals surface area contributed by atoms with Crippen LogP contribution in [0.3, 0.4) is 0 Å². The number of anilines is 3. The van der Waals surface area contributed by atoms with Gasteiger partial charge in [0.25, 0.3) is 0 Å². The number of nitrogen functional groups attached to an aromatic ring is 1. The van der Waals surface area contributed by atoms with Gasteiger partial charge in [-0.2, -0.15) is 0 Å². The number of nitrogens with two attached hydrogens (primary N) is 1. The predicted molar refractivity (Wildman–Crippen MR) is 89.2 cm³/mol. The fourth-order valence-electron chi connectivity index (χ4n) is 2.69. The molecule has 23 heavy (non-hydrogen) atoms. The van der Waals surface area contributed by atoms with Gasteiger partial charge in [0, 0.05) is 18.3 Å². The van der Waals surface area contributed by atoms with Crippen LogP contribution in [-0.4, -0.2) is 27.4 Å². The molecule has 0 spiro atoms. The maximum Gasteiger partial charge on any atom is 0.244 e. The highest BCUT2D eigenvalue weighted by Crippen LogP contribution is 2.34. The van der Waals surface area contributed by atoms with Gasteiger partial charge in [-0.15, -0.1) is 0 Å². The van der Waals surface area contributed by atoms with Crippen molar-refractivity contribution in [3.05, 3.63) is 35.4 Å². The lowest BCUT2D eigenvalue weighted by molar-refractivity contribution is -0.115. The Labute approximate surface area is 135 Å². The molecule has 0 atom stereocenters. The lowest BCUT2D eigenvalue weighted by Crippen LogP contribution is -2.39. The number of nitrogens with zero attached hydrogens (tertiary/aromatic N) is 4. The molecule has 0 fully saturated rings.